The predicted molar refractivity (Wildman–Crippen MR) is 248 cm³/mol. The van der Waals surface area contributed by atoms with Gasteiger partial charge in [0.1, 0.15) is 0 Å². The van der Waals surface area contributed by atoms with Gasteiger partial charge in [0.25, 0.3) is 0 Å². The number of benzene rings is 10. The number of fused-ring (bicyclic) bond motifs is 2. The van der Waals surface area contributed by atoms with Gasteiger partial charge in [0.05, 0.1) is 11.6 Å². The minimum Gasteiger partial charge on any atom is -0.208 e. The van der Waals surface area contributed by atoms with Crippen LogP contribution in [0.5, 0.6) is 0 Å². The van der Waals surface area contributed by atoms with E-state index in [-0.39, 0.29) is 0 Å². The molecule has 0 saturated heterocycles. The van der Waals surface area contributed by atoms with Gasteiger partial charge in [-0.25, -0.2) is 15.0 Å². The fourth-order valence-electron chi connectivity index (χ4n) is 9.26. The third kappa shape index (κ3) is 5.34. The molecular weight excluding hydrogens is 729 g/mol. The van der Waals surface area contributed by atoms with Crippen LogP contribution in [-0.4, -0.2) is 15.0 Å². The summed E-state index contributed by atoms with van der Waals surface area (Å²) in [6.07, 6.45) is 0. The number of hydrogen-bond acceptors (Lipinski definition) is 4. The second kappa shape index (κ2) is 13.4. The van der Waals surface area contributed by atoms with E-state index in [4.69, 9.17) is 15.0 Å². The zero-order chi connectivity index (χ0) is 39.7. The smallest absolute Gasteiger partial charge is 0.164 e. The summed E-state index contributed by atoms with van der Waals surface area (Å²) in [4.78, 5) is 15.0. The monoisotopic (exact) mass is 760 g/mol. The molecule has 0 spiro atoms. The normalized spacial score (nSPS) is 11.7. The van der Waals surface area contributed by atoms with Crippen LogP contribution in [0.15, 0.2) is 194 Å². The van der Waals surface area contributed by atoms with Crippen molar-refractivity contribution in [3.05, 3.63) is 200 Å². The molecule has 60 heavy (non-hydrogen) atoms. The van der Waals surface area contributed by atoms with Crippen molar-refractivity contribution in [3.8, 4) is 62.5 Å². The molecule has 4 nitrogen and oxygen atoms in total. The van der Waals surface area contributed by atoms with E-state index in [0.29, 0.717) is 23.0 Å². The Bertz CT molecular complexity index is 3690. The molecule has 0 aliphatic carbocycles. The van der Waals surface area contributed by atoms with E-state index in [2.05, 4.69) is 140 Å². The Morgan fingerprint density at radius 3 is 1.37 bits per heavy atom. The Labute approximate surface area is 345 Å². The van der Waals surface area contributed by atoms with Gasteiger partial charge in [0, 0.05) is 16.7 Å². The van der Waals surface area contributed by atoms with Crippen LogP contribution in [0, 0.1) is 11.3 Å². The molecular formula is C56H32N4. The van der Waals surface area contributed by atoms with E-state index >= 15 is 0 Å². The van der Waals surface area contributed by atoms with Gasteiger partial charge in [-0.3, -0.25) is 0 Å². The molecule has 0 fully saturated rings. The molecule has 12 rings (SSSR count). The van der Waals surface area contributed by atoms with E-state index < -0.39 is 0 Å². The van der Waals surface area contributed by atoms with Crippen molar-refractivity contribution in [2.75, 3.05) is 0 Å². The molecule has 12 aromatic rings. The molecule has 0 N–H and O–H groups in total. The standard InChI is InChI=1S/C56H32N4/c57-33-34-19-21-41(22-20-34)55-58-54(40-9-2-1-3-10-40)59-56(60-55)48-15-5-4-14-44(48)36-25-23-35(24-26-36)43-31-42-30-29-39-12-7-17-46-45-16-6-11-37-27-28-38-13-8-18-47(52(38)50(37)45)49(32-43)53(42)51(39)46/h1-32H. The van der Waals surface area contributed by atoms with E-state index in [1.807, 2.05) is 48.5 Å². The molecule has 0 aliphatic rings. The fraction of sp³-hybridized carbons (Fsp3) is 0. The third-order valence-corrected chi connectivity index (χ3v) is 12.1. The summed E-state index contributed by atoms with van der Waals surface area (Å²) in [5.41, 5.74) is 7.62. The number of nitriles is 1. The van der Waals surface area contributed by atoms with Gasteiger partial charge in [-0.05, 0) is 123 Å². The first-order chi connectivity index (χ1) is 29.7. The Kier molecular flexibility index (Phi) is 7.57. The Hall–Kier alpha value is -8.26. The SMILES string of the molecule is N#Cc1ccc(-c2nc(-c3ccccc3)nc(-c3ccccc3-c3ccc(-c4cc5ccc6cccc7c8cccc9ccc%10cccc(c(c4)c5c67)c%10c98)cc3)n2)cc1. The fourth-order valence-corrected chi connectivity index (χ4v) is 9.26. The van der Waals surface area contributed by atoms with Crippen LogP contribution >= 0.6 is 0 Å². The van der Waals surface area contributed by atoms with Gasteiger partial charge in [-0.1, -0.05) is 158 Å². The first kappa shape index (κ1) is 33.8. The lowest BCUT2D eigenvalue weighted by Crippen LogP contribution is -2.01. The second-order valence-electron chi connectivity index (χ2n) is 15.4. The molecule has 4 heteroatoms. The average molecular weight is 761 g/mol. The summed E-state index contributed by atoms with van der Waals surface area (Å²) in [6, 6.07) is 70.8. The first-order valence-corrected chi connectivity index (χ1v) is 20.2. The lowest BCUT2D eigenvalue weighted by atomic mass is 9.86. The van der Waals surface area contributed by atoms with Crippen molar-refractivity contribution in [3.63, 3.8) is 0 Å². The van der Waals surface area contributed by atoms with Gasteiger partial charge in [0.2, 0.25) is 0 Å². The van der Waals surface area contributed by atoms with Crippen molar-refractivity contribution in [2.24, 2.45) is 0 Å². The molecule has 11 aromatic carbocycles. The van der Waals surface area contributed by atoms with Crippen LogP contribution in [0.25, 0.3) is 121 Å². The van der Waals surface area contributed by atoms with Crippen LogP contribution in [0.4, 0.5) is 0 Å². The minimum atomic E-state index is 0.551. The molecule has 0 radical (unpaired) electrons. The predicted octanol–water partition coefficient (Wildman–Crippen LogP) is 14.4. The van der Waals surface area contributed by atoms with Crippen LogP contribution in [0.1, 0.15) is 5.56 Å². The third-order valence-electron chi connectivity index (χ3n) is 12.1. The van der Waals surface area contributed by atoms with Crippen molar-refractivity contribution in [2.45, 2.75) is 0 Å². The van der Waals surface area contributed by atoms with Crippen LogP contribution in [-0.2, 0) is 0 Å². The van der Waals surface area contributed by atoms with E-state index in [1.165, 1.54) is 70.2 Å². The molecule has 1 heterocycles. The molecule has 276 valence electrons. The summed E-state index contributed by atoms with van der Waals surface area (Å²) in [5.74, 6) is 1.73. The van der Waals surface area contributed by atoms with Gasteiger partial charge >= 0.3 is 0 Å². The van der Waals surface area contributed by atoms with Gasteiger partial charge in [0.15, 0.2) is 17.5 Å². The first-order valence-electron chi connectivity index (χ1n) is 20.2. The van der Waals surface area contributed by atoms with E-state index in [1.54, 1.807) is 12.1 Å². The Morgan fingerprint density at radius 1 is 0.300 bits per heavy atom. The largest absolute Gasteiger partial charge is 0.208 e. The van der Waals surface area contributed by atoms with Gasteiger partial charge < -0.3 is 0 Å². The second-order valence-corrected chi connectivity index (χ2v) is 15.4. The van der Waals surface area contributed by atoms with Gasteiger partial charge in [-0.15, -0.1) is 0 Å². The zero-order valence-electron chi connectivity index (χ0n) is 32.3. The topological polar surface area (TPSA) is 62.5 Å². The molecule has 0 bridgehead atoms. The van der Waals surface area contributed by atoms with Crippen molar-refractivity contribution in [1.29, 1.82) is 5.26 Å². The Morgan fingerprint density at radius 2 is 0.767 bits per heavy atom. The quantitative estimate of drug-likeness (QED) is 0.164. The zero-order valence-corrected chi connectivity index (χ0v) is 32.3. The lowest BCUT2D eigenvalue weighted by Gasteiger charge is -2.17. The van der Waals surface area contributed by atoms with Crippen molar-refractivity contribution < 1.29 is 0 Å². The highest BCUT2D eigenvalue weighted by atomic mass is 15.0. The summed E-state index contributed by atoms with van der Waals surface area (Å²) >= 11 is 0. The average Bonchev–Trinajstić information content (AvgIpc) is 3.32. The Balaban J connectivity index is 1.03. The minimum absolute atomic E-state index is 0.551. The maximum atomic E-state index is 9.42. The summed E-state index contributed by atoms with van der Waals surface area (Å²) in [5, 5.41) is 24.7. The van der Waals surface area contributed by atoms with Crippen LogP contribution in [0.3, 0.4) is 0 Å². The maximum absolute atomic E-state index is 9.42. The molecule has 0 saturated carbocycles. The summed E-state index contributed by atoms with van der Waals surface area (Å²) in [7, 11) is 0. The molecule has 0 unspecified atom stereocenters. The van der Waals surface area contributed by atoms with E-state index in [0.717, 1.165) is 33.4 Å². The highest BCUT2D eigenvalue weighted by Crippen LogP contribution is 2.44. The molecule has 0 aliphatic heterocycles. The number of nitrogens with zero attached hydrogens (tertiary/aromatic N) is 4. The molecule has 0 amide bonds. The summed E-state index contributed by atoms with van der Waals surface area (Å²) < 4.78 is 0. The molecule has 1 aromatic heterocycles. The lowest BCUT2D eigenvalue weighted by molar-refractivity contribution is 1.07. The molecule has 0 atom stereocenters. The maximum Gasteiger partial charge on any atom is 0.164 e. The van der Waals surface area contributed by atoms with Gasteiger partial charge in [-0.2, -0.15) is 5.26 Å². The number of rotatable bonds is 5. The van der Waals surface area contributed by atoms with Crippen LogP contribution in [0.2, 0.25) is 0 Å². The highest BCUT2D eigenvalue weighted by molar-refractivity contribution is 6.37. The summed E-state index contributed by atoms with van der Waals surface area (Å²) in [6.45, 7) is 0. The van der Waals surface area contributed by atoms with Crippen molar-refractivity contribution >= 4 is 64.6 Å². The highest BCUT2D eigenvalue weighted by Gasteiger charge is 2.18. The van der Waals surface area contributed by atoms with E-state index in [9.17, 15) is 5.26 Å². The van der Waals surface area contributed by atoms with Crippen LogP contribution < -0.4 is 0 Å². The number of aromatic nitrogens is 3. The van der Waals surface area contributed by atoms with Crippen molar-refractivity contribution in [1.82, 2.24) is 15.0 Å². The number of hydrogen-bond donors (Lipinski definition) is 0.